The quantitative estimate of drug-likeness (QED) is 0.553. The first-order chi connectivity index (χ1) is 15.6. The molecule has 0 radical (unpaired) electrons. The van der Waals surface area contributed by atoms with E-state index in [1.807, 2.05) is 12.1 Å². The normalized spacial score (nSPS) is 16.8. The van der Waals surface area contributed by atoms with Crippen molar-refractivity contribution in [2.45, 2.75) is 45.1 Å². The van der Waals surface area contributed by atoms with E-state index in [4.69, 9.17) is 9.72 Å². The molecular formula is C28H27NO3. The van der Waals surface area contributed by atoms with Crippen LogP contribution in [0.3, 0.4) is 0 Å². The van der Waals surface area contributed by atoms with Crippen LogP contribution < -0.4 is 4.74 Å². The molecule has 0 aliphatic heterocycles. The summed E-state index contributed by atoms with van der Waals surface area (Å²) in [5, 5.41) is 9.25. The summed E-state index contributed by atoms with van der Waals surface area (Å²) in [6.45, 7) is 0.464. The van der Waals surface area contributed by atoms with Gasteiger partial charge in [0.2, 0.25) is 0 Å². The Hall–Kier alpha value is -3.40. The van der Waals surface area contributed by atoms with E-state index in [2.05, 4.69) is 42.5 Å². The van der Waals surface area contributed by atoms with Crippen molar-refractivity contribution in [2.24, 2.45) is 5.92 Å². The second kappa shape index (κ2) is 8.99. The minimum absolute atomic E-state index is 0.362. The minimum Gasteiger partial charge on any atom is -0.487 e. The number of aromatic nitrogens is 1. The number of fused-ring (bicyclic) bond motifs is 2. The highest BCUT2D eigenvalue weighted by atomic mass is 16.5. The molecule has 1 atom stereocenters. The summed E-state index contributed by atoms with van der Waals surface area (Å²) >= 11 is 0. The standard InChI is InChI=1S/C28H27NO3/c30-28(31)23-6-3-4-19(15-23)14-20-8-9-21-11-13-26(17-24(21)16-20)32-18-25-12-10-22-5-1-2-7-27(22)29-25/h2-4,6-7,10-13,15,17,20H,1,5,8-9,14,16,18H2,(H,30,31). The molecule has 1 heterocycles. The second-order valence-corrected chi connectivity index (χ2v) is 8.83. The van der Waals surface area contributed by atoms with Crippen LogP contribution >= 0.6 is 0 Å². The summed E-state index contributed by atoms with van der Waals surface area (Å²) in [4.78, 5) is 16.0. The number of allylic oxidation sites excluding steroid dienone is 1. The minimum atomic E-state index is -0.868. The first-order valence-corrected chi connectivity index (χ1v) is 11.4. The zero-order valence-corrected chi connectivity index (χ0v) is 18.1. The van der Waals surface area contributed by atoms with Crippen LogP contribution in [0.1, 0.15) is 56.8 Å². The Morgan fingerprint density at radius 3 is 2.84 bits per heavy atom. The fraction of sp³-hybridized carbons (Fsp3) is 0.286. The van der Waals surface area contributed by atoms with Gasteiger partial charge in [0.1, 0.15) is 12.4 Å². The zero-order chi connectivity index (χ0) is 21.9. The van der Waals surface area contributed by atoms with Crippen LogP contribution in [0.15, 0.2) is 60.7 Å². The van der Waals surface area contributed by atoms with Gasteiger partial charge in [0.15, 0.2) is 0 Å². The molecular weight excluding hydrogens is 398 g/mol. The predicted molar refractivity (Wildman–Crippen MR) is 125 cm³/mol. The van der Waals surface area contributed by atoms with Gasteiger partial charge in [-0.3, -0.25) is 0 Å². The molecule has 1 N–H and O–H groups in total. The third-order valence-corrected chi connectivity index (χ3v) is 6.52. The average molecular weight is 426 g/mol. The van der Waals surface area contributed by atoms with Crippen LogP contribution in [-0.2, 0) is 32.3 Å². The number of aryl methyl sites for hydroxylation is 2. The van der Waals surface area contributed by atoms with Crippen LogP contribution in [0, 0.1) is 5.92 Å². The molecule has 3 aromatic rings. The Bertz CT molecular complexity index is 1180. The van der Waals surface area contributed by atoms with E-state index < -0.39 is 5.97 Å². The van der Waals surface area contributed by atoms with Crippen molar-refractivity contribution in [1.82, 2.24) is 4.98 Å². The molecule has 0 bridgehead atoms. The van der Waals surface area contributed by atoms with E-state index in [9.17, 15) is 9.90 Å². The Morgan fingerprint density at radius 2 is 1.94 bits per heavy atom. The largest absolute Gasteiger partial charge is 0.487 e. The van der Waals surface area contributed by atoms with E-state index in [0.717, 1.165) is 61.2 Å². The highest BCUT2D eigenvalue weighted by Crippen LogP contribution is 2.31. The van der Waals surface area contributed by atoms with Crippen molar-refractivity contribution in [3.05, 3.63) is 99.9 Å². The van der Waals surface area contributed by atoms with Crippen molar-refractivity contribution in [1.29, 1.82) is 0 Å². The molecule has 32 heavy (non-hydrogen) atoms. The summed E-state index contributed by atoms with van der Waals surface area (Å²) in [5.74, 6) is 0.523. The van der Waals surface area contributed by atoms with Gasteiger partial charge in [-0.2, -0.15) is 0 Å². The summed E-state index contributed by atoms with van der Waals surface area (Å²) < 4.78 is 6.09. The molecule has 4 heteroatoms. The number of benzene rings is 2. The monoisotopic (exact) mass is 425 g/mol. The van der Waals surface area contributed by atoms with Gasteiger partial charge < -0.3 is 9.84 Å². The molecule has 0 saturated carbocycles. The maximum Gasteiger partial charge on any atom is 0.335 e. The fourth-order valence-corrected chi connectivity index (χ4v) is 4.81. The molecule has 2 aliphatic carbocycles. The maximum absolute atomic E-state index is 11.3. The molecule has 2 aromatic carbocycles. The van der Waals surface area contributed by atoms with Gasteiger partial charge in [0, 0.05) is 0 Å². The van der Waals surface area contributed by atoms with E-state index in [1.165, 1.54) is 16.7 Å². The van der Waals surface area contributed by atoms with Gasteiger partial charge in [-0.25, -0.2) is 9.78 Å². The van der Waals surface area contributed by atoms with E-state index in [-0.39, 0.29) is 0 Å². The fourth-order valence-electron chi connectivity index (χ4n) is 4.81. The average Bonchev–Trinajstić information content (AvgIpc) is 2.82. The van der Waals surface area contributed by atoms with Crippen molar-refractivity contribution in [2.75, 3.05) is 0 Å². The highest BCUT2D eigenvalue weighted by Gasteiger charge is 2.20. The van der Waals surface area contributed by atoms with Crippen molar-refractivity contribution >= 4 is 12.0 Å². The molecule has 0 spiro atoms. The van der Waals surface area contributed by atoms with Gasteiger partial charge in [-0.1, -0.05) is 30.3 Å². The second-order valence-electron chi connectivity index (χ2n) is 8.83. The number of ether oxygens (including phenoxy) is 1. The van der Waals surface area contributed by atoms with E-state index >= 15 is 0 Å². The summed E-state index contributed by atoms with van der Waals surface area (Å²) in [6.07, 6.45) is 10.5. The molecule has 162 valence electrons. The SMILES string of the molecule is O=C(O)c1cccc(CC2CCc3ccc(OCc4ccc5c(n4)C=CCC5)cc3C2)c1. The molecule has 2 aliphatic rings. The van der Waals surface area contributed by atoms with Crippen LogP contribution in [-0.4, -0.2) is 16.1 Å². The maximum atomic E-state index is 11.3. The molecule has 0 amide bonds. The van der Waals surface area contributed by atoms with Gasteiger partial charge in [-0.15, -0.1) is 0 Å². The summed E-state index contributed by atoms with van der Waals surface area (Å²) in [6, 6.07) is 18.0. The lowest BCUT2D eigenvalue weighted by molar-refractivity contribution is 0.0696. The number of hydrogen-bond donors (Lipinski definition) is 1. The number of aromatic carboxylic acids is 1. The summed E-state index contributed by atoms with van der Waals surface area (Å²) in [5.41, 5.74) is 7.52. The number of hydrogen-bond acceptors (Lipinski definition) is 3. The Morgan fingerprint density at radius 1 is 1.03 bits per heavy atom. The topological polar surface area (TPSA) is 59.4 Å². The number of carboxylic acid groups (broad SMARTS) is 1. The van der Waals surface area contributed by atoms with E-state index in [0.29, 0.717) is 18.1 Å². The first-order valence-electron chi connectivity index (χ1n) is 11.4. The van der Waals surface area contributed by atoms with Crippen molar-refractivity contribution < 1.29 is 14.6 Å². The molecule has 5 rings (SSSR count). The zero-order valence-electron chi connectivity index (χ0n) is 18.1. The lowest BCUT2D eigenvalue weighted by Gasteiger charge is -2.25. The lowest BCUT2D eigenvalue weighted by Crippen LogP contribution is -2.17. The van der Waals surface area contributed by atoms with Crippen LogP contribution in [0.4, 0.5) is 0 Å². The van der Waals surface area contributed by atoms with Crippen LogP contribution in [0.2, 0.25) is 0 Å². The van der Waals surface area contributed by atoms with E-state index in [1.54, 1.807) is 12.1 Å². The third kappa shape index (κ3) is 4.59. The molecule has 0 saturated heterocycles. The Kier molecular flexibility index (Phi) is 5.76. The number of pyridine rings is 1. The molecule has 4 nitrogen and oxygen atoms in total. The predicted octanol–water partition coefficient (Wildman–Crippen LogP) is 5.67. The highest BCUT2D eigenvalue weighted by molar-refractivity contribution is 5.87. The number of carbonyl (C=O) groups is 1. The first kappa shape index (κ1) is 20.5. The van der Waals surface area contributed by atoms with Crippen molar-refractivity contribution in [3.63, 3.8) is 0 Å². The number of rotatable bonds is 6. The summed E-state index contributed by atoms with van der Waals surface area (Å²) in [7, 11) is 0. The van der Waals surface area contributed by atoms with Crippen molar-refractivity contribution in [3.8, 4) is 5.75 Å². The van der Waals surface area contributed by atoms with Gasteiger partial charge in [0.25, 0.3) is 0 Å². The van der Waals surface area contributed by atoms with Crippen LogP contribution in [0.5, 0.6) is 5.75 Å². The van der Waals surface area contributed by atoms with Gasteiger partial charge >= 0.3 is 5.97 Å². The van der Waals surface area contributed by atoms with Gasteiger partial charge in [-0.05, 0) is 103 Å². The Balaban J connectivity index is 1.24. The third-order valence-electron chi connectivity index (χ3n) is 6.52. The Labute approximate surface area is 188 Å². The lowest BCUT2D eigenvalue weighted by atomic mass is 9.80. The molecule has 1 aromatic heterocycles. The number of carboxylic acids is 1. The van der Waals surface area contributed by atoms with Gasteiger partial charge in [0.05, 0.1) is 17.0 Å². The molecule has 0 fully saturated rings. The molecule has 1 unspecified atom stereocenters. The number of nitrogens with zero attached hydrogens (tertiary/aromatic N) is 1. The van der Waals surface area contributed by atoms with Crippen LogP contribution in [0.25, 0.3) is 6.08 Å². The smallest absolute Gasteiger partial charge is 0.335 e.